The quantitative estimate of drug-likeness (QED) is 0.131. The smallest absolute Gasteiger partial charge is 0.255 e. The van der Waals surface area contributed by atoms with E-state index in [-0.39, 0.29) is 18.2 Å². The number of thiophene rings is 1. The van der Waals surface area contributed by atoms with Crippen molar-refractivity contribution in [3.8, 4) is 17.6 Å². The lowest BCUT2D eigenvalue weighted by Gasteiger charge is -2.29. The van der Waals surface area contributed by atoms with E-state index in [0.717, 1.165) is 81.9 Å². The van der Waals surface area contributed by atoms with Crippen LogP contribution in [0.25, 0.3) is 0 Å². The number of ether oxygens (including phenoxy) is 1. The number of carbonyl (C=O) groups excluding carboxylic acids is 3. The van der Waals surface area contributed by atoms with Gasteiger partial charge in [-0.05, 0) is 43.9 Å². The van der Waals surface area contributed by atoms with Crippen LogP contribution >= 0.6 is 11.3 Å². The Morgan fingerprint density at radius 1 is 1.04 bits per heavy atom. The van der Waals surface area contributed by atoms with Gasteiger partial charge in [-0.2, -0.15) is 5.10 Å². The first-order chi connectivity index (χ1) is 24.9. The number of aryl methyl sites for hydroxylation is 2. The fourth-order valence-corrected chi connectivity index (χ4v) is 8.01. The van der Waals surface area contributed by atoms with Crippen LogP contribution in [0.5, 0.6) is 5.75 Å². The van der Waals surface area contributed by atoms with Crippen LogP contribution in [-0.4, -0.2) is 59.8 Å². The minimum absolute atomic E-state index is 0.170. The second-order valence-electron chi connectivity index (χ2n) is 13.0. The van der Waals surface area contributed by atoms with Crippen LogP contribution in [0.15, 0.2) is 60.9 Å². The molecule has 12 nitrogen and oxygen atoms in total. The van der Waals surface area contributed by atoms with Gasteiger partial charge in [-0.25, -0.2) is 0 Å². The standard InChI is InChI=1S/C38H36N8O4S/c1-24-42-43-34-23-50-36-28(18-25-8-3-2-4-9-25)32(51-33(36)22-45(24)34)14-12-26-19-40-44(20-26)17-6-5-16-39-30-11-7-10-27-29(30)21-46(38(27)49)31-13-15-35(47)41-37(31)48/h2-4,7-11,19-20,31,39H,5-6,13,15-18,21-23H2,1H3,(H,41,47,48). The summed E-state index contributed by atoms with van der Waals surface area (Å²) in [4.78, 5) is 40.9. The summed E-state index contributed by atoms with van der Waals surface area (Å²) in [5.74, 6) is 8.52. The van der Waals surface area contributed by atoms with Crippen molar-refractivity contribution in [3.05, 3.63) is 110 Å². The molecule has 3 aliphatic heterocycles. The number of nitrogens with zero attached hydrogens (tertiary/aromatic N) is 6. The Morgan fingerprint density at radius 2 is 1.92 bits per heavy atom. The zero-order valence-corrected chi connectivity index (χ0v) is 29.0. The summed E-state index contributed by atoms with van der Waals surface area (Å²) >= 11 is 1.67. The fourth-order valence-electron chi connectivity index (χ4n) is 6.91. The first-order valence-electron chi connectivity index (χ1n) is 17.2. The molecule has 1 fully saturated rings. The highest BCUT2D eigenvalue weighted by Crippen LogP contribution is 2.40. The molecule has 51 heavy (non-hydrogen) atoms. The van der Waals surface area contributed by atoms with Crippen LogP contribution in [0.3, 0.4) is 0 Å². The third-order valence-corrected chi connectivity index (χ3v) is 10.7. The molecule has 6 heterocycles. The van der Waals surface area contributed by atoms with Gasteiger partial charge in [0.15, 0.2) is 5.82 Å². The zero-order valence-electron chi connectivity index (χ0n) is 28.1. The first kappa shape index (κ1) is 32.5. The Bertz CT molecular complexity index is 2210. The molecular formula is C38H36N8O4S. The highest BCUT2D eigenvalue weighted by molar-refractivity contribution is 7.13. The average molecular weight is 701 g/mol. The molecule has 258 valence electrons. The maximum atomic E-state index is 13.1. The maximum Gasteiger partial charge on any atom is 0.255 e. The number of anilines is 1. The fraction of sp³-hybridized carbons (Fsp3) is 0.316. The molecule has 3 aliphatic rings. The summed E-state index contributed by atoms with van der Waals surface area (Å²) in [6.45, 7) is 4.82. The summed E-state index contributed by atoms with van der Waals surface area (Å²) in [5, 5.41) is 18.9. The number of carbonyl (C=O) groups is 3. The zero-order chi connectivity index (χ0) is 34.9. The van der Waals surface area contributed by atoms with E-state index in [1.807, 2.05) is 42.2 Å². The molecule has 2 N–H and O–H groups in total. The van der Waals surface area contributed by atoms with Gasteiger partial charge in [0.05, 0.1) is 28.1 Å². The van der Waals surface area contributed by atoms with Crippen molar-refractivity contribution >= 4 is 34.7 Å². The molecule has 1 unspecified atom stereocenters. The molecule has 0 aliphatic carbocycles. The predicted octanol–water partition coefficient (Wildman–Crippen LogP) is 4.43. The topological polar surface area (TPSA) is 136 Å². The number of rotatable bonds is 9. The monoisotopic (exact) mass is 700 g/mol. The first-order valence-corrected chi connectivity index (χ1v) is 18.0. The molecule has 13 heteroatoms. The van der Waals surface area contributed by atoms with Crippen LogP contribution in [-0.2, 0) is 42.3 Å². The number of unbranched alkanes of at least 4 members (excludes halogenated alkanes) is 1. The van der Waals surface area contributed by atoms with Gasteiger partial charge in [0.25, 0.3) is 5.91 Å². The molecule has 2 aromatic carbocycles. The molecule has 1 atom stereocenters. The molecular weight excluding hydrogens is 665 g/mol. The lowest BCUT2D eigenvalue weighted by atomic mass is 10.0. The molecule has 3 aromatic heterocycles. The van der Waals surface area contributed by atoms with Gasteiger partial charge in [-0.3, -0.25) is 24.4 Å². The largest absolute Gasteiger partial charge is 0.484 e. The molecule has 0 saturated carbocycles. The van der Waals surface area contributed by atoms with Crippen molar-refractivity contribution < 1.29 is 19.1 Å². The van der Waals surface area contributed by atoms with E-state index in [4.69, 9.17) is 4.74 Å². The Labute approximate surface area is 298 Å². The summed E-state index contributed by atoms with van der Waals surface area (Å²) < 4.78 is 10.4. The molecule has 8 rings (SSSR count). The molecule has 0 bridgehead atoms. The third-order valence-electron chi connectivity index (χ3n) is 9.58. The van der Waals surface area contributed by atoms with E-state index in [9.17, 15) is 14.4 Å². The molecule has 3 amide bonds. The summed E-state index contributed by atoms with van der Waals surface area (Å²) in [6, 6.07) is 15.4. The highest BCUT2D eigenvalue weighted by atomic mass is 32.1. The van der Waals surface area contributed by atoms with Crippen LogP contribution in [0.1, 0.15) is 79.7 Å². The Balaban J connectivity index is 0.890. The number of fused-ring (bicyclic) bond motifs is 3. The molecule has 0 radical (unpaired) electrons. The van der Waals surface area contributed by atoms with Crippen molar-refractivity contribution in [1.82, 2.24) is 34.8 Å². The van der Waals surface area contributed by atoms with Crippen molar-refractivity contribution in [2.45, 2.75) is 71.3 Å². The number of aromatic nitrogens is 5. The normalized spacial score (nSPS) is 16.4. The number of imide groups is 1. The number of hydrogen-bond donors (Lipinski definition) is 2. The number of benzene rings is 2. The van der Waals surface area contributed by atoms with Gasteiger partial charge in [0, 0.05) is 61.1 Å². The van der Waals surface area contributed by atoms with E-state index in [0.29, 0.717) is 31.7 Å². The van der Waals surface area contributed by atoms with Crippen molar-refractivity contribution in [2.75, 3.05) is 11.9 Å². The summed E-state index contributed by atoms with van der Waals surface area (Å²) in [6.07, 6.45) is 6.90. The predicted molar refractivity (Wildman–Crippen MR) is 190 cm³/mol. The van der Waals surface area contributed by atoms with Gasteiger partial charge in [-0.15, -0.1) is 21.5 Å². The van der Waals surface area contributed by atoms with Gasteiger partial charge in [0.1, 0.15) is 24.2 Å². The van der Waals surface area contributed by atoms with E-state index in [1.54, 1.807) is 22.3 Å². The van der Waals surface area contributed by atoms with Crippen molar-refractivity contribution in [3.63, 3.8) is 0 Å². The van der Waals surface area contributed by atoms with Crippen molar-refractivity contribution in [1.29, 1.82) is 0 Å². The van der Waals surface area contributed by atoms with E-state index < -0.39 is 11.9 Å². The second-order valence-corrected chi connectivity index (χ2v) is 14.1. The minimum atomic E-state index is -0.627. The summed E-state index contributed by atoms with van der Waals surface area (Å²) in [7, 11) is 0. The molecule has 1 saturated heterocycles. The lowest BCUT2D eigenvalue weighted by molar-refractivity contribution is -0.136. The van der Waals surface area contributed by atoms with Gasteiger partial charge >= 0.3 is 0 Å². The van der Waals surface area contributed by atoms with E-state index >= 15 is 0 Å². The second kappa shape index (κ2) is 13.9. The van der Waals surface area contributed by atoms with Crippen molar-refractivity contribution in [2.24, 2.45) is 0 Å². The van der Waals surface area contributed by atoms with Crippen LogP contribution in [0, 0.1) is 18.8 Å². The van der Waals surface area contributed by atoms with E-state index in [1.165, 1.54) is 5.56 Å². The maximum absolute atomic E-state index is 13.1. The van der Waals surface area contributed by atoms with Gasteiger partial charge < -0.3 is 19.5 Å². The Kier molecular flexibility index (Phi) is 8.83. The Morgan fingerprint density at radius 3 is 2.78 bits per heavy atom. The third kappa shape index (κ3) is 6.62. The number of nitrogens with one attached hydrogen (secondary N) is 2. The van der Waals surface area contributed by atoms with E-state index in [2.05, 4.69) is 66.6 Å². The molecule has 5 aromatic rings. The van der Waals surface area contributed by atoms with Gasteiger partial charge in [-0.1, -0.05) is 48.2 Å². The minimum Gasteiger partial charge on any atom is -0.484 e. The number of piperidine rings is 1. The van der Waals surface area contributed by atoms with Crippen LogP contribution in [0.2, 0.25) is 0 Å². The Hall–Kier alpha value is -5.74. The van der Waals surface area contributed by atoms with Gasteiger partial charge in [0.2, 0.25) is 11.8 Å². The lowest BCUT2D eigenvalue weighted by Crippen LogP contribution is -2.52. The SMILES string of the molecule is Cc1nnc2n1Cc1sc(C#Cc3cnn(CCCCNc4cccc5c4CN(C4CCC(=O)NC4=O)C5=O)c3)c(Cc3ccccc3)c1OC2. The summed E-state index contributed by atoms with van der Waals surface area (Å²) in [5.41, 5.74) is 5.54. The average Bonchev–Trinajstić information content (AvgIpc) is 3.87. The number of amides is 3. The highest BCUT2D eigenvalue weighted by Gasteiger charge is 2.39. The molecule has 0 spiro atoms. The van der Waals surface area contributed by atoms with Crippen LogP contribution in [0.4, 0.5) is 5.69 Å². The van der Waals surface area contributed by atoms with Crippen LogP contribution < -0.4 is 15.4 Å². The number of hydrogen-bond acceptors (Lipinski definition) is 9.